The number of fused-ring (bicyclic) bond motifs is 4. The Morgan fingerprint density at radius 3 is 2.62 bits per heavy atom. The largest absolute Gasteiger partial charge is 0.487 e. The first-order valence-electron chi connectivity index (χ1n) is 13.2. The van der Waals surface area contributed by atoms with E-state index in [0.29, 0.717) is 41.5 Å². The summed E-state index contributed by atoms with van der Waals surface area (Å²) >= 11 is 0. The monoisotopic (exact) mass is 530 g/mol. The number of nitrogens with one attached hydrogen (secondary N) is 2. The predicted molar refractivity (Wildman–Crippen MR) is 142 cm³/mol. The zero-order chi connectivity index (χ0) is 26.8. The van der Waals surface area contributed by atoms with Gasteiger partial charge in [0.1, 0.15) is 18.0 Å². The van der Waals surface area contributed by atoms with Gasteiger partial charge in [0.2, 0.25) is 12.7 Å². The summed E-state index contributed by atoms with van der Waals surface area (Å²) in [6.45, 7) is 0.473. The molecule has 202 valence electrons. The van der Waals surface area contributed by atoms with E-state index in [0.717, 1.165) is 17.5 Å². The molecule has 0 spiro atoms. The number of aliphatic hydroxyl groups excluding tert-OH is 1. The quantitative estimate of drug-likeness (QED) is 0.409. The Morgan fingerprint density at radius 1 is 0.949 bits per heavy atom. The van der Waals surface area contributed by atoms with Crippen LogP contribution in [0, 0.1) is 0 Å². The third-order valence-electron chi connectivity index (χ3n) is 7.38. The van der Waals surface area contributed by atoms with Gasteiger partial charge in [-0.1, -0.05) is 30.3 Å². The highest BCUT2D eigenvalue weighted by atomic mass is 16.7. The fourth-order valence-corrected chi connectivity index (χ4v) is 5.48. The lowest BCUT2D eigenvalue weighted by molar-refractivity contribution is -0.142. The molecule has 3 N–H and O–H groups in total. The number of carbonyl (C=O) groups excluding carboxylic acids is 2. The number of anilines is 1. The zero-order valence-electron chi connectivity index (χ0n) is 21.3. The molecule has 2 amide bonds. The second-order valence-electron chi connectivity index (χ2n) is 9.97. The number of carbonyl (C=O) groups is 2. The number of amides is 2. The van der Waals surface area contributed by atoms with Gasteiger partial charge in [-0.2, -0.15) is 0 Å². The smallest absolute Gasteiger partial charge is 0.255 e. The Bertz CT molecular complexity index is 1360. The molecule has 1 saturated heterocycles. The maximum Gasteiger partial charge on any atom is 0.255 e. The van der Waals surface area contributed by atoms with Crippen LogP contribution in [0.4, 0.5) is 5.69 Å². The van der Waals surface area contributed by atoms with Gasteiger partial charge in [-0.05, 0) is 54.8 Å². The predicted octanol–water partition coefficient (Wildman–Crippen LogP) is 3.41. The van der Waals surface area contributed by atoms with Gasteiger partial charge < -0.3 is 34.7 Å². The molecular formula is C30H30N2O7. The second-order valence-corrected chi connectivity index (χ2v) is 9.97. The van der Waals surface area contributed by atoms with E-state index in [1.54, 1.807) is 24.3 Å². The molecular weight excluding hydrogens is 500 g/mol. The van der Waals surface area contributed by atoms with E-state index in [9.17, 15) is 14.7 Å². The molecule has 3 aliphatic rings. The van der Waals surface area contributed by atoms with Crippen LogP contribution < -0.4 is 24.8 Å². The van der Waals surface area contributed by atoms with Crippen molar-refractivity contribution in [2.75, 3.05) is 25.3 Å². The average Bonchev–Trinajstić information content (AvgIpc) is 3.57. The first-order valence-corrected chi connectivity index (χ1v) is 13.2. The molecule has 0 aromatic heterocycles. The summed E-state index contributed by atoms with van der Waals surface area (Å²) in [5.41, 5.74) is 3.18. The van der Waals surface area contributed by atoms with Crippen molar-refractivity contribution in [3.05, 3.63) is 83.4 Å². The summed E-state index contributed by atoms with van der Waals surface area (Å²) in [7, 11) is 0. The van der Waals surface area contributed by atoms with Crippen LogP contribution in [0.15, 0.2) is 66.7 Å². The molecule has 0 bridgehead atoms. The van der Waals surface area contributed by atoms with Crippen molar-refractivity contribution in [1.82, 2.24) is 5.32 Å². The van der Waals surface area contributed by atoms with Gasteiger partial charge in [-0.3, -0.25) is 9.59 Å². The minimum absolute atomic E-state index is 0.0737. The van der Waals surface area contributed by atoms with Crippen LogP contribution in [0.1, 0.15) is 40.2 Å². The number of rotatable bonds is 8. The number of hydrogen-bond acceptors (Lipinski definition) is 7. The SMILES string of the molecule is O=C(C[C@H]1C[C@@H]2c3cc(NC(=O)c4ccc5c(c4)OCO5)ccc3O[C@@H]2[C@@H](CO)O1)NCCc1ccccc1. The van der Waals surface area contributed by atoms with Crippen molar-refractivity contribution in [3.8, 4) is 17.2 Å². The third-order valence-corrected chi connectivity index (χ3v) is 7.38. The summed E-state index contributed by atoms with van der Waals surface area (Å²) in [4.78, 5) is 25.6. The van der Waals surface area contributed by atoms with E-state index in [1.165, 1.54) is 0 Å². The number of benzene rings is 3. The fourth-order valence-electron chi connectivity index (χ4n) is 5.48. The molecule has 3 heterocycles. The van der Waals surface area contributed by atoms with Crippen molar-refractivity contribution in [3.63, 3.8) is 0 Å². The maximum absolute atomic E-state index is 12.9. The van der Waals surface area contributed by atoms with Gasteiger partial charge in [0.15, 0.2) is 11.5 Å². The molecule has 0 saturated carbocycles. The Balaban J connectivity index is 1.10. The van der Waals surface area contributed by atoms with E-state index in [1.807, 2.05) is 42.5 Å². The summed E-state index contributed by atoms with van der Waals surface area (Å²) in [5.74, 6) is 1.42. The summed E-state index contributed by atoms with van der Waals surface area (Å²) < 4.78 is 22.9. The standard InChI is InChI=1S/C30H30N2O7/c33-16-27-29-23(14-21(38-27)15-28(34)31-11-10-18-4-2-1-3-5-18)22-13-20(7-9-24(22)39-29)32-30(35)19-6-8-25-26(12-19)37-17-36-25/h1-9,12-13,21,23,27,29,33H,10-11,14-17H2,(H,31,34)(H,32,35)/t21-,23-,27-,29+/m1/s1. The van der Waals surface area contributed by atoms with Crippen LogP contribution in [0.5, 0.6) is 17.2 Å². The van der Waals surface area contributed by atoms with Crippen molar-refractivity contribution in [2.45, 2.75) is 43.5 Å². The van der Waals surface area contributed by atoms with Crippen LogP contribution in [0.25, 0.3) is 0 Å². The number of hydrogen-bond donors (Lipinski definition) is 3. The van der Waals surface area contributed by atoms with Crippen LogP contribution >= 0.6 is 0 Å². The van der Waals surface area contributed by atoms with Gasteiger partial charge in [-0.15, -0.1) is 0 Å². The highest BCUT2D eigenvalue weighted by Gasteiger charge is 2.46. The van der Waals surface area contributed by atoms with E-state index in [4.69, 9.17) is 18.9 Å². The average molecular weight is 531 g/mol. The molecule has 3 aromatic rings. The van der Waals surface area contributed by atoms with E-state index < -0.39 is 6.10 Å². The van der Waals surface area contributed by atoms with Crippen molar-refractivity contribution in [2.24, 2.45) is 0 Å². The van der Waals surface area contributed by atoms with Crippen molar-refractivity contribution in [1.29, 1.82) is 0 Å². The molecule has 0 aliphatic carbocycles. The van der Waals surface area contributed by atoms with Crippen LogP contribution in [0.3, 0.4) is 0 Å². The Morgan fingerprint density at radius 2 is 1.77 bits per heavy atom. The Kier molecular flexibility index (Phi) is 7.08. The molecule has 0 radical (unpaired) electrons. The topological polar surface area (TPSA) is 115 Å². The lowest BCUT2D eigenvalue weighted by Gasteiger charge is -2.37. The third kappa shape index (κ3) is 5.41. The normalized spacial score (nSPS) is 22.4. The molecule has 3 aliphatic heterocycles. The number of ether oxygens (including phenoxy) is 4. The minimum Gasteiger partial charge on any atom is -0.487 e. The number of aliphatic hydroxyl groups is 1. The maximum atomic E-state index is 12.9. The molecule has 6 rings (SSSR count). The molecule has 39 heavy (non-hydrogen) atoms. The first-order chi connectivity index (χ1) is 19.1. The molecule has 4 atom stereocenters. The zero-order valence-corrected chi connectivity index (χ0v) is 21.3. The van der Waals surface area contributed by atoms with Crippen LogP contribution in [-0.4, -0.2) is 55.2 Å². The van der Waals surface area contributed by atoms with Gasteiger partial charge >= 0.3 is 0 Å². The lowest BCUT2D eigenvalue weighted by atomic mass is 9.84. The van der Waals surface area contributed by atoms with E-state index in [-0.39, 0.29) is 49.8 Å². The first kappa shape index (κ1) is 25.2. The molecule has 1 fully saturated rings. The second kappa shape index (κ2) is 11.0. The lowest BCUT2D eigenvalue weighted by Crippen LogP contribution is -2.47. The summed E-state index contributed by atoms with van der Waals surface area (Å²) in [6.07, 6.45) is 0.252. The molecule has 9 heteroatoms. The highest BCUT2D eigenvalue weighted by molar-refractivity contribution is 6.04. The van der Waals surface area contributed by atoms with Crippen molar-refractivity contribution < 1.29 is 33.6 Å². The molecule has 3 aromatic carbocycles. The molecule has 0 unspecified atom stereocenters. The summed E-state index contributed by atoms with van der Waals surface area (Å²) in [6, 6.07) is 20.6. The molecule has 9 nitrogen and oxygen atoms in total. The highest BCUT2D eigenvalue weighted by Crippen LogP contribution is 2.47. The minimum atomic E-state index is -0.551. The van der Waals surface area contributed by atoms with Crippen LogP contribution in [0.2, 0.25) is 0 Å². The van der Waals surface area contributed by atoms with Gasteiger partial charge in [0.25, 0.3) is 5.91 Å². The van der Waals surface area contributed by atoms with Gasteiger partial charge in [0.05, 0.1) is 19.1 Å². The van der Waals surface area contributed by atoms with Gasteiger partial charge in [0, 0.05) is 29.3 Å². The fraction of sp³-hybridized carbons (Fsp3) is 0.333. The van der Waals surface area contributed by atoms with Crippen molar-refractivity contribution >= 4 is 17.5 Å². The van der Waals surface area contributed by atoms with E-state index >= 15 is 0 Å². The van der Waals surface area contributed by atoms with Crippen LogP contribution in [-0.2, 0) is 16.0 Å². The Labute approximate surface area is 226 Å². The van der Waals surface area contributed by atoms with Gasteiger partial charge in [-0.25, -0.2) is 0 Å². The summed E-state index contributed by atoms with van der Waals surface area (Å²) in [5, 5.41) is 15.9. The Hall–Kier alpha value is -4.08. The van der Waals surface area contributed by atoms with E-state index in [2.05, 4.69) is 10.6 Å².